The molecule has 0 aliphatic carbocycles. The molecule has 15 heavy (non-hydrogen) atoms. The van der Waals surface area contributed by atoms with Crippen LogP contribution in [-0.4, -0.2) is 0 Å². The van der Waals surface area contributed by atoms with Gasteiger partial charge in [-0.05, 0) is 27.8 Å². The van der Waals surface area contributed by atoms with Crippen molar-refractivity contribution in [3.05, 3.63) is 35.2 Å². The second-order valence-electron chi connectivity index (χ2n) is 5.03. The van der Waals surface area contributed by atoms with Gasteiger partial charge in [-0.1, -0.05) is 39.0 Å². The van der Waals surface area contributed by atoms with Gasteiger partial charge in [0.15, 0.2) is 0 Å². The minimum Gasteiger partial charge on any atom is -0.323 e. The summed E-state index contributed by atoms with van der Waals surface area (Å²) in [7, 11) is 0. The van der Waals surface area contributed by atoms with E-state index in [0.29, 0.717) is 0 Å². The highest BCUT2D eigenvalue weighted by atomic mass is 32.1. The van der Waals surface area contributed by atoms with E-state index in [4.69, 9.17) is 5.73 Å². The first-order valence-electron chi connectivity index (χ1n) is 5.22. The van der Waals surface area contributed by atoms with Gasteiger partial charge in [-0.3, -0.25) is 0 Å². The predicted octanol–water partition coefficient (Wildman–Crippen LogP) is 3.95. The fourth-order valence-corrected chi connectivity index (χ4v) is 2.70. The lowest BCUT2D eigenvalue weighted by molar-refractivity contribution is 0.329. The zero-order chi connectivity index (χ0) is 11.1. The Hall–Kier alpha value is -0.860. The van der Waals surface area contributed by atoms with Crippen LogP contribution in [0.2, 0.25) is 0 Å². The zero-order valence-corrected chi connectivity index (χ0v) is 10.3. The number of nitrogens with two attached hydrogens (primary N) is 1. The van der Waals surface area contributed by atoms with Gasteiger partial charge in [0.2, 0.25) is 0 Å². The summed E-state index contributed by atoms with van der Waals surface area (Å²) in [5.41, 5.74) is 7.68. The average Bonchev–Trinajstić information content (AvgIpc) is 2.58. The number of benzene rings is 1. The van der Waals surface area contributed by atoms with Gasteiger partial charge in [0.1, 0.15) is 0 Å². The van der Waals surface area contributed by atoms with Crippen molar-refractivity contribution >= 4 is 21.4 Å². The molecule has 2 aromatic rings. The molecule has 0 radical (unpaired) electrons. The predicted molar refractivity (Wildman–Crippen MR) is 68.2 cm³/mol. The first-order valence-corrected chi connectivity index (χ1v) is 6.10. The van der Waals surface area contributed by atoms with Crippen molar-refractivity contribution in [3.63, 3.8) is 0 Å². The SMILES string of the molecule is CC(C)(C)C(N)c1csc2ccccc12. The fourth-order valence-electron chi connectivity index (χ4n) is 1.71. The maximum absolute atomic E-state index is 6.29. The lowest BCUT2D eigenvalue weighted by atomic mass is 9.83. The van der Waals surface area contributed by atoms with Crippen molar-refractivity contribution in [2.75, 3.05) is 0 Å². The largest absolute Gasteiger partial charge is 0.323 e. The van der Waals surface area contributed by atoms with Gasteiger partial charge in [-0.15, -0.1) is 11.3 Å². The number of thiophene rings is 1. The number of fused-ring (bicyclic) bond motifs is 1. The first kappa shape index (κ1) is 10.7. The molecule has 2 heteroatoms. The normalized spacial score (nSPS) is 14.4. The van der Waals surface area contributed by atoms with Crippen molar-refractivity contribution in [3.8, 4) is 0 Å². The molecular formula is C13H17NS. The van der Waals surface area contributed by atoms with Crippen LogP contribution < -0.4 is 5.73 Å². The molecule has 0 saturated heterocycles. The Labute approximate surface area is 94.9 Å². The van der Waals surface area contributed by atoms with Crippen LogP contribution >= 0.6 is 11.3 Å². The van der Waals surface area contributed by atoms with E-state index in [-0.39, 0.29) is 11.5 Å². The highest BCUT2D eigenvalue weighted by Gasteiger charge is 2.24. The van der Waals surface area contributed by atoms with Crippen LogP contribution in [-0.2, 0) is 0 Å². The number of rotatable bonds is 1. The van der Waals surface area contributed by atoms with Gasteiger partial charge < -0.3 is 5.73 Å². The maximum atomic E-state index is 6.29. The van der Waals surface area contributed by atoms with E-state index in [1.807, 2.05) is 0 Å². The molecule has 1 unspecified atom stereocenters. The Balaban J connectivity index is 2.53. The topological polar surface area (TPSA) is 26.0 Å². The van der Waals surface area contributed by atoms with E-state index in [1.165, 1.54) is 15.6 Å². The van der Waals surface area contributed by atoms with Gasteiger partial charge in [-0.25, -0.2) is 0 Å². The summed E-state index contributed by atoms with van der Waals surface area (Å²) >= 11 is 1.78. The molecule has 80 valence electrons. The van der Waals surface area contributed by atoms with Gasteiger partial charge in [-0.2, -0.15) is 0 Å². The van der Waals surface area contributed by atoms with Gasteiger partial charge >= 0.3 is 0 Å². The molecule has 0 amide bonds. The van der Waals surface area contributed by atoms with Crippen LogP contribution in [0.5, 0.6) is 0 Å². The third kappa shape index (κ3) is 1.92. The molecule has 1 aromatic heterocycles. The van der Waals surface area contributed by atoms with E-state index in [0.717, 1.165) is 0 Å². The van der Waals surface area contributed by atoms with Crippen LogP contribution in [0.25, 0.3) is 10.1 Å². The monoisotopic (exact) mass is 219 g/mol. The van der Waals surface area contributed by atoms with Crippen LogP contribution in [0.15, 0.2) is 29.6 Å². The van der Waals surface area contributed by atoms with Crippen molar-refractivity contribution in [2.24, 2.45) is 11.1 Å². The Morgan fingerprint density at radius 3 is 2.53 bits per heavy atom. The Bertz CT molecular complexity index is 465. The molecule has 0 saturated carbocycles. The summed E-state index contributed by atoms with van der Waals surface area (Å²) in [4.78, 5) is 0. The van der Waals surface area contributed by atoms with E-state index >= 15 is 0 Å². The lowest BCUT2D eigenvalue weighted by Gasteiger charge is -2.26. The lowest BCUT2D eigenvalue weighted by Crippen LogP contribution is -2.25. The molecule has 1 heterocycles. The second kappa shape index (κ2) is 3.62. The summed E-state index contributed by atoms with van der Waals surface area (Å²) in [6.45, 7) is 6.55. The Morgan fingerprint density at radius 1 is 1.20 bits per heavy atom. The summed E-state index contributed by atoms with van der Waals surface area (Å²) in [6.07, 6.45) is 0. The molecule has 1 nitrogen and oxygen atoms in total. The molecule has 1 atom stereocenters. The van der Waals surface area contributed by atoms with Gasteiger partial charge in [0, 0.05) is 10.7 Å². The van der Waals surface area contributed by atoms with Crippen LogP contribution in [0, 0.1) is 5.41 Å². The van der Waals surface area contributed by atoms with E-state index in [9.17, 15) is 0 Å². The molecular weight excluding hydrogens is 202 g/mol. The van der Waals surface area contributed by atoms with E-state index < -0.39 is 0 Å². The van der Waals surface area contributed by atoms with Crippen molar-refractivity contribution in [1.82, 2.24) is 0 Å². The summed E-state index contributed by atoms with van der Waals surface area (Å²) in [5, 5.41) is 3.51. The average molecular weight is 219 g/mol. The van der Waals surface area contributed by atoms with E-state index in [1.54, 1.807) is 11.3 Å². The summed E-state index contributed by atoms with van der Waals surface area (Å²) in [5.74, 6) is 0. The highest BCUT2D eigenvalue weighted by Crippen LogP contribution is 2.37. The minimum absolute atomic E-state index is 0.105. The van der Waals surface area contributed by atoms with Crippen LogP contribution in [0.4, 0.5) is 0 Å². The van der Waals surface area contributed by atoms with Crippen molar-refractivity contribution in [1.29, 1.82) is 0 Å². The zero-order valence-electron chi connectivity index (χ0n) is 9.45. The molecule has 1 aromatic carbocycles. The van der Waals surface area contributed by atoms with Crippen molar-refractivity contribution < 1.29 is 0 Å². The molecule has 0 spiro atoms. The molecule has 0 aliphatic heterocycles. The third-order valence-corrected chi connectivity index (χ3v) is 3.76. The Kier molecular flexibility index (Phi) is 2.57. The molecule has 2 N–H and O–H groups in total. The Morgan fingerprint density at radius 2 is 1.87 bits per heavy atom. The summed E-state index contributed by atoms with van der Waals surface area (Å²) < 4.78 is 1.33. The molecule has 2 rings (SSSR count). The maximum Gasteiger partial charge on any atom is 0.0358 e. The summed E-state index contributed by atoms with van der Waals surface area (Å²) in [6, 6.07) is 8.57. The van der Waals surface area contributed by atoms with Crippen molar-refractivity contribution in [2.45, 2.75) is 26.8 Å². The molecule has 0 fully saturated rings. The van der Waals surface area contributed by atoms with E-state index in [2.05, 4.69) is 50.4 Å². The third-order valence-electron chi connectivity index (χ3n) is 2.78. The highest BCUT2D eigenvalue weighted by molar-refractivity contribution is 7.17. The minimum atomic E-state index is 0.105. The van der Waals surface area contributed by atoms with Gasteiger partial charge in [0.25, 0.3) is 0 Å². The molecule has 0 bridgehead atoms. The molecule has 0 aliphatic rings. The quantitative estimate of drug-likeness (QED) is 0.772. The van der Waals surface area contributed by atoms with Crippen LogP contribution in [0.3, 0.4) is 0 Å². The fraction of sp³-hybridized carbons (Fsp3) is 0.385. The number of hydrogen-bond acceptors (Lipinski definition) is 2. The smallest absolute Gasteiger partial charge is 0.0358 e. The number of hydrogen-bond donors (Lipinski definition) is 1. The first-order chi connectivity index (χ1) is 7.00. The van der Waals surface area contributed by atoms with Crippen LogP contribution in [0.1, 0.15) is 32.4 Å². The second-order valence-corrected chi connectivity index (χ2v) is 5.94. The van der Waals surface area contributed by atoms with Gasteiger partial charge in [0.05, 0.1) is 0 Å². The standard InChI is InChI=1S/C13H17NS/c1-13(2,3)12(14)10-8-15-11-7-5-4-6-9(10)11/h4-8,12H,14H2,1-3H3.